The van der Waals surface area contributed by atoms with Crippen LogP contribution >= 0.6 is 35.6 Å². The number of amides is 1. The molecule has 2 aromatic carbocycles. The Morgan fingerprint density at radius 3 is 2.46 bits per heavy atom. The van der Waals surface area contributed by atoms with Gasteiger partial charge in [0.15, 0.2) is 0 Å². The predicted octanol–water partition coefficient (Wildman–Crippen LogP) is 5.13. The van der Waals surface area contributed by atoms with E-state index in [1.807, 2.05) is 12.1 Å². The predicted molar refractivity (Wildman–Crippen MR) is 103 cm³/mol. The molecule has 0 spiro atoms. The van der Waals surface area contributed by atoms with E-state index in [4.69, 9.17) is 23.2 Å². The number of rotatable bonds is 3. The Balaban J connectivity index is 0.00000208. The Kier molecular flexibility index (Phi) is 6.93. The fraction of sp³-hybridized carbons (Fsp3) is 0.278. The molecule has 0 aliphatic carbocycles. The van der Waals surface area contributed by atoms with Crippen LogP contribution in [0.1, 0.15) is 34.7 Å². The third kappa shape index (κ3) is 4.64. The molecule has 1 aliphatic heterocycles. The second-order valence-electron chi connectivity index (χ2n) is 5.75. The number of hydrogen-bond donors (Lipinski definition) is 2. The van der Waals surface area contributed by atoms with Gasteiger partial charge in [-0.15, -0.1) is 12.4 Å². The zero-order valence-corrected chi connectivity index (χ0v) is 15.3. The van der Waals surface area contributed by atoms with E-state index >= 15 is 0 Å². The van der Waals surface area contributed by atoms with Gasteiger partial charge in [-0.25, -0.2) is 0 Å². The highest BCUT2D eigenvalue weighted by Crippen LogP contribution is 2.25. The molecule has 2 aromatic rings. The highest BCUT2D eigenvalue weighted by Gasteiger charge is 2.15. The summed E-state index contributed by atoms with van der Waals surface area (Å²) in [4.78, 5) is 12.2. The third-order valence-corrected chi connectivity index (χ3v) is 4.86. The third-order valence-electron chi connectivity index (χ3n) is 4.12. The monoisotopic (exact) mass is 384 g/mol. The topological polar surface area (TPSA) is 41.1 Å². The number of halogens is 3. The first kappa shape index (κ1) is 19.1. The quantitative estimate of drug-likeness (QED) is 0.768. The molecule has 1 aliphatic rings. The number of hydrogen-bond acceptors (Lipinski definition) is 2. The van der Waals surface area contributed by atoms with Gasteiger partial charge in [0.2, 0.25) is 0 Å². The molecule has 3 nitrogen and oxygen atoms in total. The largest absolute Gasteiger partial charge is 0.322 e. The lowest BCUT2D eigenvalue weighted by atomic mass is 9.91. The van der Waals surface area contributed by atoms with Crippen molar-refractivity contribution in [2.75, 3.05) is 18.4 Å². The maximum atomic E-state index is 12.2. The summed E-state index contributed by atoms with van der Waals surface area (Å²) in [5.74, 6) is 0.360. The van der Waals surface area contributed by atoms with E-state index in [1.54, 1.807) is 18.2 Å². The zero-order chi connectivity index (χ0) is 16.2. The van der Waals surface area contributed by atoms with Crippen LogP contribution in [0.15, 0.2) is 42.5 Å². The lowest BCUT2D eigenvalue weighted by Gasteiger charge is -2.23. The Morgan fingerprint density at radius 2 is 1.83 bits per heavy atom. The summed E-state index contributed by atoms with van der Waals surface area (Å²) in [5, 5.41) is 7.11. The zero-order valence-electron chi connectivity index (χ0n) is 13.0. The Bertz CT molecular complexity index is 698. The fourth-order valence-corrected chi connectivity index (χ4v) is 3.11. The van der Waals surface area contributed by atoms with Gasteiger partial charge in [0.1, 0.15) is 0 Å². The molecule has 3 rings (SSSR count). The van der Waals surface area contributed by atoms with Gasteiger partial charge in [-0.2, -0.15) is 0 Å². The SMILES string of the molecule is Cl.O=C(Nc1ccc([C@H]2CCCNC2)cc1)c1ccc(Cl)c(Cl)c1. The van der Waals surface area contributed by atoms with Crippen LogP contribution < -0.4 is 10.6 Å². The van der Waals surface area contributed by atoms with Gasteiger partial charge >= 0.3 is 0 Å². The smallest absolute Gasteiger partial charge is 0.255 e. The van der Waals surface area contributed by atoms with Gasteiger partial charge in [0, 0.05) is 17.8 Å². The second kappa shape index (κ2) is 8.72. The van der Waals surface area contributed by atoms with Crippen LogP contribution in [0.3, 0.4) is 0 Å². The van der Waals surface area contributed by atoms with Gasteiger partial charge in [0.25, 0.3) is 5.91 Å². The van der Waals surface area contributed by atoms with Gasteiger partial charge in [-0.05, 0) is 61.2 Å². The maximum absolute atomic E-state index is 12.2. The summed E-state index contributed by atoms with van der Waals surface area (Å²) in [6, 6.07) is 12.9. The summed E-state index contributed by atoms with van der Waals surface area (Å²) >= 11 is 11.8. The molecule has 0 unspecified atom stereocenters. The summed E-state index contributed by atoms with van der Waals surface area (Å²) in [5.41, 5.74) is 2.57. The average molecular weight is 386 g/mol. The van der Waals surface area contributed by atoms with Crippen LogP contribution in [0.2, 0.25) is 10.0 Å². The van der Waals surface area contributed by atoms with E-state index in [9.17, 15) is 4.79 Å². The van der Waals surface area contributed by atoms with E-state index in [0.717, 1.165) is 18.8 Å². The van der Waals surface area contributed by atoms with E-state index < -0.39 is 0 Å². The van der Waals surface area contributed by atoms with Crippen LogP contribution in [0.4, 0.5) is 5.69 Å². The number of nitrogens with one attached hydrogen (secondary N) is 2. The van der Waals surface area contributed by atoms with Crippen LogP contribution in [-0.2, 0) is 0 Å². The summed E-state index contributed by atoms with van der Waals surface area (Å²) < 4.78 is 0. The highest BCUT2D eigenvalue weighted by atomic mass is 35.5. The molecular weight excluding hydrogens is 367 g/mol. The molecule has 0 aromatic heterocycles. The molecule has 1 saturated heterocycles. The number of carbonyl (C=O) groups excluding carboxylic acids is 1. The molecule has 2 N–H and O–H groups in total. The molecule has 6 heteroatoms. The molecule has 0 radical (unpaired) electrons. The van der Waals surface area contributed by atoms with Crippen molar-refractivity contribution in [1.82, 2.24) is 5.32 Å². The molecule has 1 atom stereocenters. The van der Waals surface area contributed by atoms with Crippen molar-refractivity contribution in [1.29, 1.82) is 0 Å². The van der Waals surface area contributed by atoms with Crippen molar-refractivity contribution >= 4 is 47.2 Å². The lowest BCUT2D eigenvalue weighted by molar-refractivity contribution is 0.102. The standard InChI is InChI=1S/C18H18Cl2N2O.ClH/c19-16-8-5-13(10-17(16)20)18(23)22-15-6-3-12(4-7-15)14-2-1-9-21-11-14;/h3-8,10,14,21H,1-2,9,11H2,(H,22,23);1H/t14-;/m0./s1. The Labute approximate surface area is 158 Å². The van der Waals surface area contributed by atoms with Crippen molar-refractivity contribution in [3.8, 4) is 0 Å². The van der Waals surface area contributed by atoms with Gasteiger partial charge < -0.3 is 10.6 Å². The van der Waals surface area contributed by atoms with E-state index in [0.29, 0.717) is 21.5 Å². The molecule has 1 heterocycles. The minimum Gasteiger partial charge on any atom is -0.322 e. The highest BCUT2D eigenvalue weighted by molar-refractivity contribution is 6.42. The molecule has 1 fully saturated rings. The lowest BCUT2D eigenvalue weighted by Crippen LogP contribution is -2.28. The van der Waals surface area contributed by atoms with E-state index in [2.05, 4.69) is 22.8 Å². The Morgan fingerprint density at radius 1 is 1.08 bits per heavy atom. The number of carbonyl (C=O) groups is 1. The second-order valence-corrected chi connectivity index (χ2v) is 6.56. The van der Waals surface area contributed by atoms with E-state index in [-0.39, 0.29) is 18.3 Å². The van der Waals surface area contributed by atoms with Gasteiger partial charge in [0.05, 0.1) is 10.0 Å². The van der Waals surface area contributed by atoms with Crippen LogP contribution in [0.5, 0.6) is 0 Å². The summed E-state index contributed by atoms with van der Waals surface area (Å²) in [6.45, 7) is 2.13. The van der Waals surface area contributed by atoms with E-state index in [1.165, 1.54) is 18.4 Å². The van der Waals surface area contributed by atoms with Crippen molar-refractivity contribution in [2.24, 2.45) is 0 Å². The molecule has 24 heavy (non-hydrogen) atoms. The van der Waals surface area contributed by atoms with Crippen molar-refractivity contribution in [3.63, 3.8) is 0 Å². The average Bonchev–Trinajstić information content (AvgIpc) is 2.59. The first-order valence-corrected chi connectivity index (χ1v) is 8.46. The number of benzene rings is 2. The first-order valence-electron chi connectivity index (χ1n) is 7.70. The fourth-order valence-electron chi connectivity index (χ4n) is 2.82. The molecule has 128 valence electrons. The number of anilines is 1. The van der Waals surface area contributed by atoms with Crippen LogP contribution in [0, 0.1) is 0 Å². The first-order chi connectivity index (χ1) is 11.1. The van der Waals surface area contributed by atoms with Gasteiger partial charge in [-0.1, -0.05) is 35.3 Å². The minimum absolute atomic E-state index is 0. The van der Waals surface area contributed by atoms with Crippen molar-refractivity contribution in [3.05, 3.63) is 63.6 Å². The van der Waals surface area contributed by atoms with Crippen LogP contribution in [0.25, 0.3) is 0 Å². The number of piperidine rings is 1. The van der Waals surface area contributed by atoms with Crippen LogP contribution in [-0.4, -0.2) is 19.0 Å². The summed E-state index contributed by atoms with van der Waals surface area (Å²) in [6.07, 6.45) is 2.42. The minimum atomic E-state index is -0.198. The van der Waals surface area contributed by atoms with Gasteiger partial charge in [-0.3, -0.25) is 4.79 Å². The normalized spacial score (nSPS) is 17.0. The Hall–Kier alpha value is -1.26. The summed E-state index contributed by atoms with van der Waals surface area (Å²) in [7, 11) is 0. The van der Waals surface area contributed by atoms with Crippen molar-refractivity contribution in [2.45, 2.75) is 18.8 Å². The van der Waals surface area contributed by atoms with Crippen molar-refractivity contribution < 1.29 is 4.79 Å². The molecule has 0 saturated carbocycles. The maximum Gasteiger partial charge on any atom is 0.255 e. The molecule has 1 amide bonds. The molecule has 0 bridgehead atoms. The molecular formula is C18H19Cl3N2O.